The first-order valence-corrected chi connectivity index (χ1v) is 7.85. The molecule has 0 bridgehead atoms. The van der Waals surface area contributed by atoms with E-state index in [1.54, 1.807) is 0 Å². The molecule has 3 heteroatoms. The molecule has 1 heterocycles. The summed E-state index contributed by atoms with van der Waals surface area (Å²) in [5, 5.41) is 9.83. The lowest BCUT2D eigenvalue weighted by Gasteiger charge is -2.37. The van der Waals surface area contributed by atoms with Crippen LogP contribution in [0.3, 0.4) is 0 Å². The molecule has 0 radical (unpaired) electrons. The maximum Gasteiger partial charge on any atom is 0.0787 e. The average Bonchev–Trinajstić information content (AvgIpc) is 2.47. The predicted molar refractivity (Wildman–Crippen MR) is 85.2 cm³/mol. The lowest BCUT2D eigenvalue weighted by Crippen LogP contribution is -2.47. The van der Waals surface area contributed by atoms with Gasteiger partial charge < -0.3 is 10.0 Å². The van der Waals surface area contributed by atoms with Crippen molar-refractivity contribution in [3.05, 3.63) is 29.8 Å². The summed E-state index contributed by atoms with van der Waals surface area (Å²) < 4.78 is 0. The maximum atomic E-state index is 9.83. The number of benzene rings is 1. The molecule has 1 atom stereocenters. The van der Waals surface area contributed by atoms with Gasteiger partial charge in [-0.3, -0.25) is 4.90 Å². The molecule has 1 fully saturated rings. The molecule has 2 rings (SSSR count). The Morgan fingerprint density at radius 1 is 1.05 bits per heavy atom. The first-order valence-electron chi connectivity index (χ1n) is 7.85. The molecule has 0 spiro atoms. The van der Waals surface area contributed by atoms with Crippen LogP contribution in [0.4, 0.5) is 5.69 Å². The van der Waals surface area contributed by atoms with Gasteiger partial charge in [0, 0.05) is 38.4 Å². The summed E-state index contributed by atoms with van der Waals surface area (Å²) in [6, 6.07) is 8.41. The van der Waals surface area contributed by atoms with Gasteiger partial charge >= 0.3 is 0 Å². The molecule has 3 nitrogen and oxygen atoms in total. The minimum Gasteiger partial charge on any atom is -0.388 e. The van der Waals surface area contributed by atoms with Crippen molar-refractivity contribution in [1.82, 2.24) is 4.90 Å². The molecule has 0 saturated carbocycles. The van der Waals surface area contributed by atoms with Crippen LogP contribution in [0.15, 0.2) is 24.3 Å². The second-order valence-corrected chi connectivity index (χ2v) is 6.20. The van der Waals surface area contributed by atoms with Gasteiger partial charge in [0.1, 0.15) is 0 Å². The molecule has 0 aliphatic carbocycles. The van der Waals surface area contributed by atoms with Crippen molar-refractivity contribution >= 4 is 5.69 Å². The van der Waals surface area contributed by atoms with E-state index < -0.39 is 0 Å². The second-order valence-electron chi connectivity index (χ2n) is 6.20. The number of anilines is 1. The molecule has 20 heavy (non-hydrogen) atoms. The van der Waals surface area contributed by atoms with Crippen molar-refractivity contribution < 1.29 is 5.11 Å². The zero-order valence-electron chi connectivity index (χ0n) is 13.0. The van der Waals surface area contributed by atoms with E-state index in [0.29, 0.717) is 0 Å². The summed E-state index contributed by atoms with van der Waals surface area (Å²) in [5.74, 6) is 0.747. The number of hydrogen-bond donors (Lipinski definition) is 1. The van der Waals surface area contributed by atoms with Crippen LogP contribution < -0.4 is 4.90 Å². The third-order valence-electron chi connectivity index (χ3n) is 4.03. The third kappa shape index (κ3) is 3.97. The zero-order valence-corrected chi connectivity index (χ0v) is 13.0. The second kappa shape index (κ2) is 7.09. The Kier molecular flexibility index (Phi) is 5.44. The number of aliphatic hydroxyl groups excluding tert-OH is 1. The molecule has 112 valence electrons. The van der Waals surface area contributed by atoms with Gasteiger partial charge in [-0.1, -0.05) is 32.9 Å². The van der Waals surface area contributed by atoms with E-state index >= 15 is 0 Å². The van der Waals surface area contributed by atoms with E-state index in [0.717, 1.165) is 44.1 Å². The zero-order chi connectivity index (χ0) is 14.5. The molecule has 1 unspecified atom stereocenters. The van der Waals surface area contributed by atoms with Crippen LogP contribution in [-0.2, 0) is 0 Å². The van der Waals surface area contributed by atoms with Crippen molar-refractivity contribution in [3.8, 4) is 0 Å². The fraction of sp³-hybridized carbons (Fsp3) is 0.647. The first-order chi connectivity index (χ1) is 9.60. The SMILES string of the molecule is CCC(O)c1ccc(N2CCN(CC(C)C)CC2)cc1. The summed E-state index contributed by atoms with van der Waals surface area (Å²) in [6.07, 6.45) is 0.444. The van der Waals surface area contributed by atoms with Crippen molar-refractivity contribution in [3.63, 3.8) is 0 Å². The minimum absolute atomic E-state index is 0.327. The molecule has 1 aliphatic heterocycles. The van der Waals surface area contributed by atoms with Gasteiger partial charge in [-0.15, -0.1) is 0 Å². The molecule has 1 aromatic rings. The maximum absolute atomic E-state index is 9.83. The van der Waals surface area contributed by atoms with Gasteiger partial charge in [0.2, 0.25) is 0 Å². The van der Waals surface area contributed by atoms with Crippen molar-refractivity contribution in [2.24, 2.45) is 5.92 Å². The molecule has 0 aromatic heterocycles. The summed E-state index contributed by atoms with van der Waals surface area (Å²) in [6.45, 7) is 12.3. The minimum atomic E-state index is -0.327. The number of piperazine rings is 1. The standard InChI is InChI=1S/C17H28N2O/c1-4-17(20)15-5-7-16(8-6-15)19-11-9-18(10-12-19)13-14(2)3/h5-8,14,17,20H,4,9-13H2,1-3H3. The third-order valence-corrected chi connectivity index (χ3v) is 4.03. The van der Waals surface area contributed by atoms with Crippen LogP contribution in [-0.4, -0.2) is 42.7 Å². The number of aliphatic hydroxyl groups is 1. The number of hydrogen-bond acceptors (Lipinski definition) is 3. The normalized spacial score (nSPS) is 18.6. The molecule has 1 N–H and O–H groups in total. The van der Waals surface area contributed by atoms with E-state index in [-0.39, 0.29) is 6.10 Å². The van der Waals surface area contributed by atoms with Gasteiger partial charge in [0.05, 0.1) is 6.10 Å². The van der Waals surface area contributed by atoms with E-state index in [2.05, 4.69) is 47.9 Å². The van der Waals surface area contributed by atoms with Gasteiger partial charge in [-0.2, -0.15) is 0 Å². The first kappa shape index (κ1) is 15.3. The number of nitrogens with zero attached hydrogens (tertiary/aromatic N) is 2. The van der Waals surface area contributed by atoms with Crippen LogP contribution in [0.2, 0.25) is 0 Å². The smallest absolute Gasteiger partial charge is 0.0787 e. The van der Waals surface area contributed by atoms with Crippen molar-refractivity contribution in [2.75, 3.05) is 37.6 Å². The Labute approximate surface area is 123 Å². The molecule has 0 amide bonds. The summed E-state index contributed by atoms with van der Waals surface area (Å²) in [5.41, 5.74) is 2.30. The van der Waals surface area contributed by atoms with E-state index in [4.69, 9.17) is 0 Å². The average molecular weight is 276 g/mol. The molecular formula is C17H28N2O. The van der Waals surface area contributed by atoms with Crippen molar-refractivity contribution in [1.29, 1.82) is 0 Å². The van der Waals surface area contributed by atoms with E-state index in [1.165, 1.54) is 12.2 Å². The molecule has 1 aromatic carbocycles. The van der Waals surface area contributed by atoms with E-state index in [1.807, 2.05) is 6.92 Å². The Morgan fingerprint density at radius 3 is 2.15 bits per heavy atom. The highest BCUT2D eigenvalue weighted by atomic mass is 16.3. The van der Waals surface area contributed by atoms with Gasteiger partial charge in [0.15, 0.2) is 0 Å². The lowest BCUT2D eigenvalue weighted by atomic mass is 10.1. The predicted octanol–water partition coefficient (Wildman–Crippen LogP) is 2.91. The molecule has 1 saturated heterocycles. The highest BCUT2D eigenvalue weighted by Crippen LogP contribution is 2.22. The Hall–Kier alpha value is -1.06. The quantitative estimate of drug-likeness (QED) is 0.896. The van der Waals surface area contributed by atoms with Crippen LogP contribution >= 0.6 is 0 Å². The molecule has 1 aliphatic rings. The van der Waals surface area contributed by atoms with Crippen LogP contribution in [0, 0.1) is 5.92 Å². The summed E-state index contributed by atoms with van der Waals surface area (Å²) in [7, 11) is 0. The van der Waals surface area contributed by atoms with Gasteiger partial charge in [-0.25, -0.2) is 0 Å². The topological polar surface area (TPSA) is 26.7 Å². The van der Waals surface area contributed by atoms with Gasteiger partial charge in [-0.05, 0) is 30.0 Å². The lowest BCUT2D eigenvalue weighted by molar-refractivity contribution is 0.173. The van der Waals surface area contributed by atoms with Crippen LogP contribution in [0.1, 0.15) is 38.9 Å². The van der Waals surface area contributed by atoms with Crippen molar-refractivity contribution in [2.45, 2.75) is 33.3 Å². The fourth-order valence-corrected chi connectivity index (χ4v) is 2.85. The Bertz CT molecular complexity index is 394. The Balaban J connectivity index is 1.90. The largest absolute Gasteiger partial charge is 0.388 e. The van der Waals surface area contributed by atoms with Gasteiger partial charge in [0.25, 0.3) is 0 Å². The Morgan fingerprint density at radius 2 is 1.65 bits per heavy atom. The van der Waals surface area contributed by atoms with Crippen LogP contribution in [0.5, 0.6) is 0 Å². The fourth-order valence-electron chi connectivity index (χ4n) is 2.85. The van der Waals surface area contributed by atoms with E-state index in [9.17, 15) is 5.11 Å². The highest BCUT2D eigenvalue weighted by Gasteiger charge is 2.17. The van der Waals surface area contributed by atoms with Crippen LogP contribution in [0.25, 0.3) is 0 Å². The molecular weight excluding hydrogens is 248 g/mol. The highest BCUT2D eigenvalue weighted by molar-refractivity contribution is 5.48. The number of rotatable bonds is 5. The summed E-state index contributed by atoms with van der Waals surface area (Å²) in [4.78, 5) is 5.00. The summed E-state index contributed by atoms with van der Waals surface area (Å²) >= 11 is 0. The monoisotopic (exact) mass is 276 g/mol.